The molecule has 0 spiro atoms. The second kappa shape index (κ2) is 7.44. The minimum atomic E-state index is -3.80. The lowest BCUT2D eigenvalue weighted by molar-refractivity contribution is 0.0729. The average molecular weight is 380 g/mol. The quantitative estimate of drug-likeness (QED) is 0.819. The highest BCUT2D eigenvalue weighted by atomic mass is 32.2. The second-order valence-electron chi connectivity index (χ2n) is 5.71. The molecular weight excluding hydrogens is 360 g/mol. The summed E-state index contributed by atoms with van der Waals surface area (Å²) in [7, 11) is -0.679. The molecule has 1 aromatic heterocycles. The van der Waals surface area contributed by atoms with Crippen LogP contribution in [-0.2, 0) is 21.8 Å². The lowest BCUT2D eigenvalue weighted by atomic mass is 10.2. The SMILES string of the molecule is COc1ccc(C(=O)Nc2ccn(C)n2)cc1S(=O)(=O)N1CCOCC1. The standard InChI is InChI=1S/C16H20N4O5S/c1-19-6-5-15(18-19)17-16(21)12-3-4-13(24-2)14(11-12)26(22,23)20-7-9-25-10-8-20/h3-6,11H,7-10H2,1-2H3,(H,17,18,21). The lowest BCUT2D eigenvalue weighted by Gasteiger charge is -2.26. The van der Waals surface area contributed by atoms with Crippen molar-refractivity contribution in [2.24, 2.45) is 7.05 Å². The second-order valence-corrected chi connectivity index (χ2v) is 7.62. The molecule has 1 amide bonds. The smallest absolute Gasteiger partial charge is 0.256 e. The van der Waals surface area contributed by atoms with E-state index in [9.17, 15) is 13.2 Å². The van der Waals surface area contributed by atoms with Gasteiger partial charge in [-0.1, -0.05) is 0 Å². The molecule has 1 saturated heterocycles. The van der Waals surface area contributed by atoms with E-state index in [0.29, 0.717) is 19.0 Å². The molecule has 2 heterocycles. The maximum atomic E-state index is 12.9. The van der Waals surface area contributed by atoms with E-state index < -0.39 is 15.9 Å². The van der Waals surface area contributed by atoms with Crippen LogP contribution in [0.25, 0.3) is 0 Å². The number of ether oxygens (including phenoxy) is 2. The Labute approximate surface area is 151 Å². The summed E-state index contributed by atoms with van der Waals surface area (Å²) >= 11 is 0. The number of carbonyl (C=O) groups is 1. The van der Waals surface area contributed by atoms with Gasteiger partial charge in [0.25, 0.3) is 5.91 Å². The van der Waals surface area contributed by atoms with E-state index in [0.717, 1.165) is 0 Å². The summed E-state index contributed by atoms with van der Waals surface area (Å²) in [5.74, 6) is 0.113. The van der Waals surface area contributed by atoms with Crippen LogP contribution in [0.3, 0.4) is 0 Å². The molecule has 0 unspecified atom stereocenters. The molecule has 0 aliphatic carbocycles. The summed E-state index contributed by atoms with van der Waals surface area (Å²) in [5, 5.41) is 6.71. The number of amides is 1. The van der Waals surface area contributed by atoms with Crippen molar-refractivity contribution in [3.63, 3.8) is 0 Å². The highest BCUT2D eigenvalue weighted by Crippen LogP contribution is 2.28. The predicted molar refractivity (Wildman–Crippen MR) is 93.7 cm³/mol. The first-order chi connectivity index (χ1) is 12.4. The van der Waals surface area contributed by atoms with Crippen LogP contribution in [0.5, 0.6) is 5.75 Å². The molecule has 3 rings (SSSR count). The fraction of sp³-hybridized carbons (Fsp3) is 0.375. The van der Waals surface area contributed by atoms with Gasteiger partial charge < -0.3 is 14.8 Å². The Morgan fingerprint density at radius 2 is 2.00 bits per heavy atom. The van der Waals surface area contributed by atoms with Gasteiger partial charge in [-0.2, -0.15) is 9.40 Å². The molecule has 140 valence electrons. The van der Waals surface area contributed by atoms with Gasteiger partial charge >= 0.3 is 0 Å². The molecule has 0 saturated carbocycles. The van der Waals surface area contributed by atoms with Gasteiger partial charge in [-0.3, -0.25) is 9.48 Å². The van der Waals surface area contributed by atoms with E-state index in [1.54, 1.807) is 24.0 Å². The van der Waals surface area contributed by atoms with Crippen LogP contribution in [0.2, 0.25) is 0 Å². The Morgan fingerprint density at radius 1 is 1.27 bits per heavy atom. The highest BCUT2D eigenvalue weighted by molar-refractivity contribution is 7.89. The van der Waals surface area contributed by atoms with Crippen molar-refractivity contribution in [2.45, 2.75) is 4.90 Å². The van der Waals surface area contributed by atoms with Gasteiger partial charge in [0.1, 0.15) is 10.6 Å². The molecule has 1 aromatic carbocycles. The number of sulfonamides is 1. The number of methoxy groups -OCH3 is 1. The molecule has 26 heavy (non-hydrogen) atoms. The number of rotatable bonds is 5. The molecule has 0 atom stereocenters. The zero-order valence-corrected chi connectivity index (χ0v) is 15.3. The third-order valence-corrected chi connectivity index (χ3v) is 5.89. The number of morpholine rings is 1. The van der Waals surface area contributed by atoms with Crippen LogP contribution >= 0.6 is 0 Å². The molecule has 9 nitrogen and oxygen atoms in total. The van der Waals surface area contributed by atoms with E-state index >= 15 is 0 Å². The molecule has 1 N–H and O–H groups in total. The van der Waals surface area contributed by atoms with Crippen LogP contribution in [0, 0.1) is 0 Å². The Bertz CT molecular complexity index is 903. The maximum absolute atomic E-state index is 12.9. The summed E-state index contributed by atoms with van der Waals surface area (Å²) in [6.45, 7) is 1.19. The van der Waals surface area contributed by atoms with E-state index in [-0.39, 0.29) is 29.3 Å². The van der Waals surface area contributed by atoms with Crippen molar-refractivity contribution >= 4 is 21.7 Å². The van der Waals surface area contributed by atoms with Crippen LogP contribution in [-0.4, -0.2) is 61.8 Å². The Balaban J connectivity index is 1.92. The van der Waals surface area contributed by atoms with Crippen LogP contribution in [0.1, 0.15) is 10.4 Å². The predicted octanol–water partition coefficient (Wildman–Crippen LogP) is 0.702. The lowest BCUT2D eigenvalue weighted by Crippen LogP contribution is -2.40. The summed E-state index contributed by atoms with van der Waals surface area (Å²) in [6, 6.07) is 5.95. The fourth-order valence-electron chi connectivity index (χ4n) is 2.62. The molecular formula is C16H20N4O5S. The van der Waals surface area contributed by atoms with Crippen LogP contribution < -0.4 is 10.1 Å². The number of anilines is 1. The third kappa shape index (κ3) is 3.71. The van der Waals surface area contributed by atoms with Crippen molar-refractivity contribution in [1.29, 1.82) is 0 Å². The van der Waals surface area contributed by atoms with Gasteiger partial charge in [0.15, 0.2) is 5.82 Å². The number of nitrogens with zero attached hydrogens (tertiary/aromatic N) is 3. The minimum absolute atomic E-state index is 0.0458. The van der Waals surface area contributed by atoms with E-state index in [4.69, 9.17) is 9.47 Å². The first kappa shape index (κ1) is 18.4. The number of aromatic nitrogens is 2. The molecule has 1 aliphatic heterocycles. The first-order valence-electron chi connectivity index (χ1n) is 7.99. The maximum Gasteiger partial charge on any atom is 0.256 e. The zero-order valence-electron chi connectivity index (χ0n) is 14.5. The molecule has 0 bridgehead atoms. The van der Waals surface area contributed by atoms with Gasteiger partial charge in [-0.15, -0.1) is 0 Å². The number of hydrogen-bond acceptors (Lipinski definition) is 6. The Hall–Kier alpha value is -2.43. The fourth-order valence-corrected chi connectivity index (χ4v) is 4.21. The molecule has 2 aromatic rings. The van der Waals surface area contributed by atoms with E-state index in [2.05, 4.69) is 10.4 Å². The number of aryl methyl sites for hydroxylation is 1. The van der Waals surface area contributed by atoms with Gasteiger partial charge in [-0.25, -0.2) is 8.42 Å². The highest BCUT2D eigenvalue weighted by Gasteiger charge is 2.30. The summed E-state index contributed by atoms with van der Waals surface area (Å²) in [6.07, 6.45) is 1.69. The summed E-state index contributed by atoms with van der Waals surface area (Å²) in [5.41, 5.74) is 0.197. The van der Waals surface area contributed by atoms with Gasteiger partial charge in [0, 0.05) is 38.0 Å². The number of benzene rings is 1. The summed E-state index contributed by atoms with van der Waals surface area (Å²) in [4.78, 5) is 12.4. The van der Waals surface area contributed by atoms with Crippen molar-refractivity contribution in [3.05, 3.63) is 36.0 Å². The Morgan fingerprint density at radius 3 is 2.62 bits per heavy atom. The topological polar surface area (TPSA) is 103 Å². The molecule has 0 radical (unpaired) electrons. The van der Waals surface area contributed by atoms with Crippen molar-refractivity contribution in [2.75, 3.05) is 38.7 Å². The molecule has 10 heteroatoms. The van der Waals surface area contributed by atoms with Crippen LogP contribution in [0.15, 0.2) is 35.4 Å². The zero-order chi connectivity index (χ0) is 18.7. The minimum Gasteiger partial charge on any atom is -0.495 e. The van der Waals surface area contributed by atoms with Crippen molar-refractivity contribution in [3.8, 4) is 5.75 Å². The Kier molecular flexibility index (Phi) is 5.25. The van der Waals surface area contributed by atoms with E-state index in [1.165, 1.54) is 29.6 Å². The number of hydrogen-bond donors (Lipinski definition) is 1. The van der Waals surface area contributed by atoms with Crippen molar-refractivity contribution < 1.29 is 22.7 Å². The number of carbonyl (C=O) groups excluding carboxylic acids is 1. The van der Waals surface area contributed by atoms with Gasteiger partial charge in [0.05, 0.1) is 20.3 Å². The van der Waals surface area contributed by atoms with Gasteiger partial charge in [0.2, 0.25) is 10.0 Å². The number of nitrogens with one attached hydrogen (secondary N) is 1. The normalized spacial score (nSPS) is 15.6. The molecule has 1 fully saturated rings. The summed E-state index contributed by atoms with van der Waals surface area (Å²) < 4.78 is 39.2. The molecule has 1 aliphatic rings. The average Bonchev–Trinajstić information content (AvgIpc) is 3.06. The van der Waals surface area contributed by atoms with Gasteiger partial charge in [-0.05, 0) is 18.2 Å². The monoisotopic (exact) mass is 380 g/mol. The first-order valence-corrected chi connectivity index (χ1v) is 9.43. The largest absolute Gasteiger partial charge is 0.495 e. The van der Waals surface area contributed by atoms with Crippen molar-refractivity contribution in [1.82, 2.24) is 14.1 Å². The van der Waals surface area contributed by atoms with Crippen LogP contribution in [0.4, 0.5) is 5.82 Å². The van der Waals surface area contributed by atoms with E-state index in [1.807, 2.05) is 0 Å². The third-order valence-electron chi connectivity index (χ3n) is 3.97.